The van der Waals surface area contributed by atoms with Crippen molar-refractivity contribution >= 4 is 39.2 Å². The van der Waals surface area contributed by atoms with Crippen molar-refractivity contribution in [3.8, 4) is 0 Å². The quantitative estimate of drug-likeness (QED) is 0.434. The van der Waals surface area contributed by atoms with Crippen molar-refractivity contribution in [2.24, 2.45) is 0 Å². The van der Waals surface area contributed by atoms with E-state index in [2.05, 4.69) is 4.72 Å². The summed E-state index contributed by atoms with van der Waals surface area (Å²) in [6.07, 6.45) is 1.95. The van der Waals surface area contributed by atoms with Gasteiger partial charge in [-0.15, -0.1) is 11.8 Å². The highest BCUT2D eigenvalue weighted by Crippen LogP contribution is 2.19. The molecule has 0 spiro atoms. The number of nitrogens with two attached hydrogens (primary N) is 1. The van der Waals surface area contributed by atoms with Crippen LogP contribution < -0.4 is 10.5 Å². The Morgan fingerprint density at radius 3 is 2.50 bits per heavy atom. The number of rotatable bonds is 8. The van der Waals surface area contributed by atoms with E-state index in [4.69, 9.17) is 5.73 Å². The monoisotopic (exact) mass is 306 g/mol. The van der Waals surface area contributed by atoms with Gasteiger partial charge in [0.1, 0.15) is 0 Å². The maximum absolute atomic E-state index is 11.6. The van der Waals surface area contributed by atoms with Crippen LogP contribution in [0, 0.1) is 0 Å². The van der Waals surface area contributed by atoms with Gasteiger partial charge in [0.15, 0.2) is 0 Å². The third kappa shape index (κ3) is 6.53. The highest BCUT2D eigenvalue weighted by atomic mass is 32.2. The van der Waals surface area contributed by atoms with Crippen molar-refractivity contribution in [1.29, 1.82) is 0 Å². The Morgan fingerprint density at radius 2 is 1.89 bits per heavy atom. The molecule has 0 aliphatic carbocycles. The zero-order valence-electron chi connectivity index (χ0n) is 10.3. The van der Waals surface area contributed by atoms with Crippen LogP contribution in [0.2, 0.25) is 0 Å². The van der Waals surface area contributed by atoms with E-state index in [-0.39, 0.29) is 5.75 Å². The number of hydrogen-bond donors (Lipinski definition) is 2. The second-order valence-corrected chi connectivity index (χ2v) is 7.70. The van der Waals surface area contributed by atoms with Gasteiger partial charge in [-0.3, -0.25) is 0 Å². The molecule has 7 heteroatoms. The van der Waals surface area contributed by atoms with Crippen LogP contribution in [-0.4, -0.2) is 38.5 Å². The van der Waals surface area contributed by atoms with Gasteiger partial charge in [0.2, 0.25) is 10.0 Å². The molecule has 0 radical (unpaired) electrons. The highest BCUT2D eigenvalue weighted by molar-refractivity contribution is 8.00. The highest BCUT2D eigenvalue weighted by Gasteiger charge is 2.09. The predicted molar refractivity (Wildman–Crippen MR) is 81.7 cm³/mol. The number of nitrogens with one attached hydrogen (secondary N) is 1. The summed E-state index contributed by atoms with van der Waals surface area (Å²) in [5, 5.41) is 0. The van der Waals surface area contributed by atoms with Crippen molar-refractivity contribution in [2.75, 3.05) is 35.8 Å². The molecule has 0 aliphatic heterocycles. The molecular weight excluding hydrogens is 288 g/mol. The molecular formula is C11H18N2O2S3. The predicted octanol–water partition coefficient (Wildman–Crippen LogP) is 1.64. The first-order chi connectivity index (χ1) is 8.53. The molecule has 0 unspecified atom stereocenters. The zero-order chi connectivity index (χ0) is 13.4. The number of sulfonamides is 1. The lowest BCUT2D eigenvalue weighted by Gasteiger charge is -2.06. The number of benzene rings is 1. The number of nitrogen functional groups attached to an aromatic ring is 1. The van der Waals surface area contributed by atoms with Crippen molar-refractivity contribution < 1.29 is 8.42 Å². The summed E-state index contributed by atoms with van der Waals surface area (Å²) in [4.78, 5) is 1.03. The third-order valence-electron chi connectivity index (χ3n) is 2.13. The summed E-state index contributed by atoms with van der Waals surface area (Å²) < 4.78 is 25.8. The molecule has 4 nitrogen and oxygen atoms in total. The van der Waals surface area contributed by atoms with Gasteiger partial charge in [0.25, 0.3) is 0 Å². The number of thioether (sulfide) groups is 2. The van der Waals surface area contributed by atoms with E-state index in [1.807, 2.05) is 30.5 Å². The summed E-state index contributed by atoms with van der Waals surface area (Å²) in [7, 11) is -3.14. The van der Waals surface area contributed by atoms with E-state index in [1.54, 1.807) is 11.8 Å². The van der Waals surface area contributed by atoms with Gasteiger partial charge in [-0.1, -0.05) is 0 Å². The molecule has 0 aliphatic rings. The molecule has 1 rings (SSSR count). The van der Waals surface area contributed by atoms with E-state index in [0.29, 0.717) is 18.0 Å². The maximum atomic E-state index is 11.6. The second-order valence-electron chi connectivity index (χ2n) is 3.62. The second kappa shape index (κ2) is 7.93. The zero-order valence-corrected chi connectivity index (χ0v) is 12.7. The van der Waals surface area contributed by atoms with Gasteiger partial charge >= 0.3 is 0 Å². The van der Waals surface area contributed by atoms with Crippen LogP contribution in [0.25, 0.3) is 0 Å². The molecule has 0 fully saturated rings. The van der Waals surface area contributed by atoms with Gasteiger partial charge in [0.05, 0.1) is 5.75 Å². The fourth-order valence-electron chi connectivity index (χ4n) is 1.20. The minimum Gasteiger partial charge on any atom is -0.399 e. The Hall–Kier alpha value is -0.370. The molecule has 0 atom stereocenters. The summed E-state index contributed by atoms with van der Waals surface area (Å²) in [6.45, 7) is 0.496. The van der Waals surface area contributed by atoms with Gasteiger partial charge in [0, 0.05) is 28.6 Å². The third-order valence-corrected chi connectivity index (χ3v) is 5.40. The van der Waals surface area contributed by atoms with E-state index in [1.165, 1.54) is 11.8 Å². The number of anilines is 1. The summed E-state index contributed by atoms with van der Waals surface area (Å²) >= 11 is 3.14. The van der Waals surface area contributed by atoms with Crippen LogP contribution in [0.5, 0.6) is 0 Å². The van der Waals surface area contributed by atoms with Crippen LogP contribution in [0.15, 0.2) is 29.2 Å². The Labute approximate surface area is 117 Å². The number of hydrogen-bond acceptors (Lipinski definition) is 5. The fraction of sp³-hybridized carbons (Fsp3) is 0.455. The van der Waals surface area contributed by atoms with Crippen LogP contribution in [0.1, 0.15) is 0 Å². The lowest BCUT2D eigenvalue weighted by Crippen LogP contribution is -2.29. The molecule has 0 aromatic heterocycles. The Bertz CT molecular complexity index is 446. The molecule has 0 heterocycles. The first-order valence-corrected chi connectivity index (χ1v) is 9.51. The van der Waals surface area contributed by atoms with Crippen molar-refractivity contribution in [2.45, 2.75) is 4.90 Å². The molecule has 0 amide bonds. The summed E-state index contributed by atoms with van der Waals surface area (Å²) in [5.41, 5.74) is 6.29. The van der Waals surface area contributed by atoms with Gasteiger partial charge in [-0.25, -0.2) is 13.1 Å². The smallest absolute Gasteiger partial charge is 0.212 e. The maximum Gasteiger partial charge on any atom is 0.212 e. The summed E-state index contributed by atoms with van der Waals surface area (Å²) in [5.74, 6) is 1.47. The minimum absolute atomic E-state index is 0.135. The molecule has 18 heavy (non-hydrogen) atoms. The Balaban J connectivity index is 2.30. The Kier molecular flexibility index (Phi) is 6.91. The van der Waals surface area contributed by atoms with Crippen LogP contribution in [0.4, 0.5) is 5.69 Å². The van der Waals surface area contributed by atoms with Crippen molar-refractivity contribution in [1.82, 2.24) is 4.72 Å². The molecule has 1 aromatic carbocycles. The standard InChI is InChI=1S/C11H18N2O2S3/c1-16-7-6-13-18(14,15)9-8-17-11-4-2-10(12)3-5-11/h2-5,13H,6-9,12H2,1H3. The summed E-state index contributed by atoms with van der Waals surface area (Å²) in [6, 6.07) is 7.42. The molecule has 0 saturated heterocycles. The lowest BCUT2D eigenvalue weighted by molar-refractivity contribution is 0.586. The SMILES string of the molecule is CSCCNS(=O)(=O)CCSc1ccc(N)cc1. The largest absolute Gasteiger partial charge is 0.399 e. The average Bonchev–Trinajstić information content (AvgIpc) is 2.32. The van der Waals surface area contributed by atoms with E-state index in [0.717, 1.165) is 10.6 Å². The lowest BCUT2D eigenvalue weighted by atomic mass is 10.3. The normalized spacial score (nSPS) is 11.6. The van der Waals surface area contributed by atoms with Crippen molar-refractivity contribution in [3.63, 3.8) is 0 Å². The van der Waals surface area contributed by atoms with Crippen LogP contribution in [-0.2, 0) is 10.0 Å². The van der Waals surface area contributed by atoms with Crippen molar-refractivity contribution in [3.05, 3.63) is 24.3 Å². The van der Waals surface area contributed by atoms with E-state index >= 15 is 0 Å². The first-order valence-electron chi connectivity index (χ1n) is 5.48. The Morgan fingerprint density at radius 1 is 1.22 bits per heavy atom. The van der Waals surface area contributed by atoms with Crippen LogP contribution in [0.3, 0.4) is 0 Å². The molecule has 0 bridgehead atoms. The van der Waals surface area contributed by atoms with E-state index in [9.17, 15) is 8.42 Å². The van der Waals surface area contributed by atoms with Crippen LogP contribution >= 0.6 is 23.5 Å². The topological polar surface area (TPSA) is 72.2 Å². The fourth-order valence-corrected chi connectivity index (χ4v) is 3.97. The first kappa shape index (κ1) is 15.7. The molecule has 0 saturated carbocycles. The molecule has 102 valence electrons. The van der Waals surface area contributed by atoms with Gasteiger partial charge in [-0.2, -0.15) is 11.8 Å². The van der Waals surface area contributed by atoms with Gasteiger partial charge in [-0.05, 0) is 30.5 Å². The molecule has 1 aromatic rings. The molecule has 3 N–H and O–H groups in total. The van der Waals surface area contributed by atoms with E-state index < -0.39 is 10.0 Å². The minimum atomic E-state index is -3.14. The average molecular weight is 306 g/mol. The van der Waals surface area contributed by atoms with Gasteiger partial charge < -0.3 is 5.73 Å².